The maximum atomic E-state index is 14.9. The van der Waals surface area contributed by atoms with Gasteiger partial charge in [-0.25, -0.2) is 4.39 Å². The summed E-state index contributed by atoms with van der Waals surface area (Å²) in [6.45, 7) is 2.73. The van der Waals surface area contributed by atoms with Crippen molar-refractivity contribution in [1.82, 2.24) is 10.3 Å². The summed E-state index contributed by atoms with van der Waals surface area (Å²) in [5.41, 5.74) is 0.584. The molecular weight excluding hydrogens is 263 g/mol. The quantitative estimate of drug-likeness (QED) is 0.917. The lowest BCUT2D eigenvalue weighted by molar-refractivity contribution is 0.144. The van der Waals surface area contributed by atoms with Crippen molar-refractivity contribution in [3.05, 3.63) is 42.1 Å². The summed E-state index contributed by atoms with van der Waals surface area (Å²) in [7, 11) is 0. The Labute approximate surface area is 125 Å². The molecule has 0 bridgehead atoms. The minimum Gasteiger partial charge on any atom is -0.314 e. The molecule has 0 saturated carbocycles. The molecule has 0 aliphatic carbocycles. The second kappa shape index (κ2) is 6.10. The lowest BCUT2D eigenvalue weighted by Crippen LogP contribution is -2.40. The van der Waals surface area contributed by atoms with Gasteiger partial charge in [-0.05, 0) is 44.9 Å². The van der Waals surface area contributed by atoms with Gasteiger partial charge in [-0.3, -0.25) is 4.98 Å². The van der Waals surface area contributed by atoms with E-state index in [4.69, 9.17) is 0 Å². The highest BCUT2D eigenvalue weighted by molar-refractivity contribution is 5.78. The second-order valence-corrected chi connectivity index (χ2v) is 6.44. The molecule has 1 N–H and O–H groups in total. The van der Waals surface area contributed by atoms with E-state index in [0.717, 1.165) is 29.6 Å². The van der Waals surface area contributed by atoms with Gasteiger partial charge in [0.05, 0.1) is 5.52 Å². The van der Waals surface area contributed by atoms with Crippen LogP contribution in [0.15, 0.2) is 36.4 Å². The van der Waals surface area contributed by atoms with Crippen molar-refractivity contribution in [2.24, 2.45) is 0 Å². The van der Waals surface area contributed by atoms with Crippen molar-refractivity contribution in [3.63, 3.8) is 0 Å². The van der Waals surface area contributed by atoms with Gasteiger partial charge in [0.15, 0.2) is 0 Å². The van der Waals surface area contributed by atoms with Crippen LogP contribution in [0.1, 0.15) is 38.3 Å². The van der Waals surface area contributed by atoms with Crippen LogP contribution in [0, 0.1) is 0 Å². The van der Waals surface area contributed by atoms with Crippen LogP contribution in [-0.2, 0) is 6.42 Å². The predicted molar refractivity (Wildman–Crippen MR) is 85.2 cm³/mol. The van der Waals surface area contributed by atoms with E-state index in [0.29, 0.717) is 18.9 Å². The molecule has 2 atom stereocenters. The first-order chi connectivity index (χ1) is 10.1. The Morgan fingerprint density at radius 3 is 2.90 bits per heavy atom. The maximum Gasteiger partial charge on any atom is 0.115 e. The van der Waals surface area contributed by atoms with Gasteiger partial charge in [-0.15, -0.1) is 0 Å². The summed E-state index contributed by atoms with van der Waals surface area (Å²) < 4.78 is 14.9. The summed E-state index contributed by atoms with van der Waals surface area (Å²) in [4.78, 5) is 4.59. The third-order valence-electron chi connectivity index (χ3n) is 4.29. The number of piperidine rings is 1. The molecule has 2 heterocycles. The fourth-order valence-electron chi connectivity index (χ4n) is 3.27. The molecule has 0 spiro atoms. The Hall–Kier alpha value is -1.48. The van der Waals surface area contributed by atoms with Crippen molar-refractivity contribution >= 4 is 10.9 Å². The van der Waals surface area contributed by atoms with E-state index < -0.39 is 5.67 Å². The average molecular weight is 286 g/mol. The number of aromatic nitrogens is 1. The first kappa shape index (κ1) is 14.5. The van der Waals surface area contributed by atoms with Gasteiger partial charge >= 0.3 is 0 Å². The van der Waals surface area contributed by atoms with Crippen LogP contribution < -0.4 is 5.32 Å². The molecule has 0 radical (unpaired) electrons. The lowest BCUT2D eigenvalue weighted by Gasteiger charge is -2.29. The third kappa shape index (κ3) is 3.79. The second-order valence-electron chi connectivity index (χ2n) is 6.44. The Bertz CT molecular complexity index is 603. The molecule has 1 aromatic carbocycles. The maximum absolute atomic E-state index is 14.9. The van der Waals surface area contributed by atoms with E-state index in [1.807, 2.05) is 36.4 Å². The Morgan fingerprint density at radius 1 is 1.24 bits per heavy atom. The van der Waals surface area contributed by atoms with Gasteiger partial charge in [-0.2, -0.15) is 0 Å². The topological polar surface area (TPSA) is 24.9 Å². The number of fused-ring (bicyclic) bond motifs is 1. The summed E-state index contributed by atoms with van der Waals surface area (Å²) in [5, 5.41) is 4.54. The molecule has 2 nitrogen and oxygen atoms in total. The summed E-state index contributed by atoms with van der Waals surface area (Å²) >= 11 is 0. The molecule has 1 aliphatic heterocycles. The fraction of sp³-hybridized carbons (Fsp3) is 0.500. The van der Waals surface area contributed by atoms with Crippen molar-refractivity contribution in [2.45, 2.75) is 50.7 Å². The molecule has 112 valence electrons. The van der Waals surface area contributed by atoms with Crippen molar-refractivity contribution in [3.8, 4) is 0 Å². The number of nitrogens with zero attached hydrogens (tertiary/aromatic N) is 1. The van der Waals surface area contributed by atoms with E-state index in [9.17, 15) is 4.39 Å². The zero-order chi connectivity index (χ0) is 14.7. The Balaban J connectivity index is 1.70. The van der Waals surface area contributed by atoms with E-state index in [1.54, 1.807) is 6.92 Å². The van der Waals surface area contributed by atoms with E-state index in [2.05, 4.69) is 10.3 Å². The number of para-hydroxylation sites is 1. The number of hydrogen-bond acceptors (Lipinski definition) is 2. The van der Waals surface area contributed by atoms with E-state index in [1.165, 1.54) is 12.8 Å². The Kier molecular flexibility index (Phi) is 4.20. The molecule has 1 aromatic heterocycles. The molecule has 3 heteroatoms. The SMILES string of the molecule is CC(F)(Cc1ccc2ccccc2n1)CC1CCCCN1. The van der Waals surface area contributed by atoms with Crippen LogP contribution >= 0.6 is 0 Å². The first-order valence-electron chi connectivity index (χ1n) is 7.89. The molecule has 2 unspecified atom stereocenters. The highest BCUT2D eigenvalue weighted by atomic mass is 19.1. The van der Waals surface area contributed by atoms with Gasteiger partial charge in [0.1, 0.15) is 5.67 Å². The van der Waals surface area contributed by atoms with Crippen LogP contribution in [0.4, 0.5) is 4.39 Å². The smallest absolute Gasteiger partial charge is 0.115 e. The molecule has 2 aromatic rings. The van der Waals surface area contributed by atoms with Gasteiger partial charge in [0, 0.05) is 23.5 Å². The zero-order valence-electron chi connectivity index (χ0n) is 12.6. The van der Waals surface area contributed by atoms with Gasteiger partial charge in [-0.1, -0.05) is 30.7 Å². The highest BCUT2D eigenvalue weighted by Gasteiger charge is 2.29. The largest absolute Gasteiger partial charge is 0.314 e. The van der Waals surface area contributed by atoms with Crippen LogP contribution in [0.25, 0.3) is 10.9 Å². The number of benzene rings is 1. The van der Waals surface area contributed by atoms with Crippen LogP contribution in [0.5, 0.6) is 0 Å². The fourth-order valence-corrected chi connectivity index (χ4v) is 3.27. The molecule has 21 heavy (non-hydrogen) atoms. The number of halogens is 1. The van der Waals surface area contributed by atoms with Gasteiger partial charge < -0.3 is 5.32 Å². The standard InChI is InChI=1S/C18H23FN2/c1-18(19,12-15-7-4-5-11-20-15)13-16-10-9-14-6-2-3-8-17(14)21-16/h2-3,6,8-10,15,20H,4-5,7,11-13H2,1H3. The summed E-state index contributed by atoms with van der Waals surface area (Å²) in [6, 6.07) is 12.3. The summed E-state index contributed by atoms with van der Waals surface area (Å²) in [6.07, 6.45) is 4.47. The first-order valence-corrected chi connectivity index (χ1v) is 7.89. The Morgan fingerprint density at radius 2 is 2.10 bits per heavy atom. The average Bonchev–Trinajstić information content (AvgIpc) is 2.47. The number of alkyl halides is 1. The summed E-state index contributed by atoms with van der Waals surface area (Å²) in [5.74, 6) is 0. The number of pyridine rings is 1. The van der Waals surface area contributed by atoms with Crippen molar-refractivity contribution < 1.29 is 4.39 Å². The van der Waals surface area contributed by atoms with Crippen LogP contribution in [0.3, 0.4) is 0 Å². The van der Waals surface area contributed by atoms with Gasteiger partial charge in [0.2, 0.25) is 0 Å². The van der Waals surface area contributed by atoms with Crippen LogP contribution in [0.2, 0.25) is 0 Å². The molecule has 3 rings (SSSR count). The number of nitrogens with one attached hydrogen (secondary N) is 1. The monoisotopic (exact) mass is 286 g/mol. The lowest BCUT2D eigenvalue weighted by atomic mass is 9.89. The predicted octanol–water partition coefficient (Wildman–Crippen LogP) is 4.04. The third-order valence-corrected chi connectivity index (χ3v) is 4.29. The molecule has 0 amide bonds. The molecule has 1 saturated heterocycles. The normalized spacial score (nSPS) is 22.1. The minimum atomic E-state index is -1.20. The van der Waals surface area contributed by atoms with Gasteiger partial charge in [0.25, 0.3) is 0 Å². The number of rotatable bonds is 4. The van der Waals surface area contributed by atoms with Crippen LogP contribution in [-0.4, -0.2) is 23.2 Å². The zero-order valence-corrected chi connectivity index (χ0v) is 12.6. The molecular formula is C18H23FN2. The van der Waals surface area contributed by atoms with Crippen molar-refractivity contribution in [2.75, 3.05) is 6.54 Å². The molecule has 1 fully saturated rings. The highest BCUT2D eigenvalue weighted by Crippen LogP contribution is 2.26. The van der Waals surface area contributed by atoms with E-state index in [-0.39, 0.29) is 0 Å². The van der Waals surface area contributed by atoms with E-state index >= 15 is 0 Å². The molecule has 1 aliphatic rings. The van der Waals surface area contributed by atoms with Crippen molar-refractivity contribution in [1.29, 1.82) is 0 Å². The number of hydrogen-bond donors (Lipinski definition) is 1. The minimum absolute atomic E-state index is 0.314.